The van der Waals surface area contributed by atoms with E-state index in [0.29, 0.717) is 24.8 Å². The van der Waals surface area contributed by atoms with Crippen LogP contribution in [0.15, 0.2) is 0 Å². The van der Waals surface area contributed by atoms with Gasteiger partial charge in [0.2, 0.25) is 5.91 Å². The standard InChI is InChI=1S/C17H36N2O/c1-7-14(8-2)13(3)19-16(20)10-9-15(11-12-18)17(4,5)6/h13-15H,7-12,18H2,1-6H3,(H,19,20). The van der Waals surface area contributed by atoms with Crippen molar-refractivity contribution in [3.05, 3.63) is 0 Å². The highest BCUT2D eigenvalue weighted by Crippen LogP contribution is 2.32. The maximum absolute atomic E-state index is 12.1. The van der Waals surface area contributed by atoms with E-state index in [1.165, 1.54) is 0 Å². The highest BCUT2D eigenvalue weighted by atomic mass is 16.1. The highest BCUT2D eigenvalue weighted by molar-refractivity contribution is 5.76. The molecule has 0 aliphatic carbocycles. The number of rotatable bonds is 9. The predicted octanol–water partition coefficient (Wildman–Crippen LogP) is 3.72. The zero-order valence-electron chi connectivity index (χ0n) is 14.5. The summed E-state index contributed by atoms with van der Waals surface area (Å²) >= 11 is 0. The minimum Gasteiger partial charge on any atom is -0.353 e. The molecule has 20 heavy (non-hydrogen) atoms. The van der Waals surface area contributed by atoms with Crippen LogP contribution in [-0.4, -0.2) is 18.5 Å². The average Bonchev–Trinajstić information content (AvgIpc) is 2.34. The van der Waals surface area contributed by atoms with Gasteiger partial charge in [0.25, 0.3) is 0 Å². The molecule has 1 amide bonds. The lowest BCUT2D eigenvalue weighted by molar-refractivity contribution is -0.122. The van der Waals surface area contributed by atoms with E-state index in [1.54, 1.807) is 0 Å². The Balaban J connectivity index is 4.26. The van der Waals surface area contributed by atoms with Crippen LogP contribution in [0.1, 0.15) is 73.6 Å². The number of carbonyl (C=O) groups is 1. The minimum absolute atomic E-state index is 0.190. The number of hydrogen-bond donors (Lipinski definition) is 2. The van der Waals surface area contributed by atoms with Crippen molar-refractivity contribution >= 4 is 5.91 Å². The summed E-state index contributed by atoms with van der Waals surface area (Å²) in [6.07, 6.45) is 4.79. The van der Waals surface area contributed by atoms with Gasteiger partial charge in [0, 0.05) is 12.5 Å². The van der Waals surface area contributed by atoms with Gasteiger partial charge in [0.1, 0.15) is 0 Å². The van der Waals surface area contributed by atoms with E-state index in [1.807, 2.05) is 0 Å². The molecule has 3 N–H and O–H groups in total. The molecule has 0 aliphatic heterocycles. The molecule has 0 aromatic heterocycles. The van der Waals surface area contributed by atoms with Gasteiger partial charge in [0.05, 0.1) is 0 Å². The molecule has 0 saturated heterocycles. The van der Waals surface area contributed by atoms with Gasteiger partial charge in [0.15, 0.2) is 0 Å². The maximum Gasteiger partial charge on any atom is 0.220 e. The van der Waals surface area contributed by atoms with E-state index in [9.17, 15) is 4.79 Å². The second-order valence-electron chi connectivity index (χ2n) is 7.11. The van der Waals surface area contributed by atoms with Crippen LogP contribution in [0.5, 0.6) is 0 Å². The van der Waals surface area contributed by atoms with E-state index in [0.717, 1.165) is 25.7 Å². The second-order valence-corrected chi connectivity index (χ2v) is 7.11. The maximum atomic E-state index is 12.1. The molecule has 0 saturated carbocycles. The van der Waals surface area contributed by atoms with Crippen molar-refractivity contribution in [3.8, 4) is 0 Å². The SMILES string of the molecule is CCC(CC)C(C)NC(=O)CCC(CCN)C(C)(C)C. The van der Waals surface area contributed by atoms with Crippen molar-refractivity contribution in [1.82, 2.24) is 5.32 Å². The number of nitrogens with two attached hydrogens (primary N) is 1. The summed E-state index contributed by atoms with van der Waals surface area (Å²) in [5, 5.41) is 3.16. The summed E-state index contributed by atoms with van der Waals surface area (Å²) in [6, 6.07) is 0.278. The van der Waals surface area contributed by atoms with Crippen molar-refractivity contribution in [2.24, 2.45) is 23.0 Å². The van der Waals surface area contributed by atoms with Crippen LogP contribution >= 0.6 is 0 Å². The van der Waals surface area contributed by atoms with Crippen molar-refractivity contribution in [2.45, 2.75) is 79.7 Å². The van der Waals surface area contributed by atoms with Gasteiger partial charge in [-0.1, -0.05) is 47.5 Å². The average molecular weight is 284 g/mol. The van der Waals surface area contributed by atoms with Crippen LogP contribution in [0.3, 0.4) is 0 Å². The van der Waals surface area contributed by atoms with Gasteiger partial charge in [-0.05, 0) is 43.6 Å². The zero-order chi connectivity index (χ0) is 15.8. The smallest absolute Gasteiger partial charge is 0.220 e. The minimum atomic E-state index is 0.190. The van der Waals surface area contributed by atoms with Crippen LogP contribution in [0.25, 0.3) is 0 Å². The molecule has 0 spiro atoms. The van der Waals surface area contributed by atoms with E-state index < -0.39 is 0 Å². The molecule has 0 bridgehead atoms. The van der Waals surface area contributed by atoms with Gasteiger partial charge in [-0.25, -0.2) is 0 Å². The molecule has 0 heterocycles. The molecule has 0 aromatic carbocycles. The number of amides is 1. The van der Waals surface area contributed by atoms with E-state index >= 15 is 0 Å². The Morgan fingerprint density at radius 3 is 2.10 bits per heavy atom. The first-order chi connectivity index (χ1) is 9.26. The number of nitrogens with one attached hydrogen (secondary N) is 1. The lowest BCUT2D eigenvalue weighted by Gasteiger charge is -2.30. The van der Waals surface area contributed by atoms with E-state index in [-0.39, 0.29) is 17.4 Å². The first-order valence-electron chi connectivity index (χ1n) is 8.25. The normalized spacial score (nSPS) is 15.2. The molecule has 0 aromatic rings. The van der Waals surface area contributed by atoms with E-state index in [4.69, 9.17) is 5.73 Å². The van der Waals surface area contributed by atoms with Gasteiger partial charge < -0.3 is 11.1 Å². The van der Waals surface area contributed by atoms with Crippen molar-refractivity contribution < 1.29 is 4.79 Å². The molecule has 0 fully saturated rings. The Kier molecular flexibility index (Phi) is 9.11. The van der Waals surface area contributed by atoms with Crippen LogP contribution in [0.2, 0.25) is 0 Å². The molecule has 3 heteroatoms. The molecule has 0 aliphatic rings. The first kappa shape index (κ1) is 19.4. The summed E-state index contributed by atoms with van der Waals surface area (Å²) in [6.45, 7) is 13.9. The third-order valence-electron chi connectivity index (χ3n) is 4.60. The molecule has 120 valence electrons. The van der Waals surface area contributed by atoms with Gasteiger partial charge >= 0.3 is 0 Å². The topological polar surface area (TPSA) is 55.1 Å². The van der Waals surface area contributed by atoms with Crippen LogP contribution in [0.4, 0.5) is 0 Å². The van der Waals surface area contributed by atoms with Crippen molar-refractivity contribution in [3.63, 3.8) is 0 Å². The van der Waals surface area contributed by atoms with Gasteiger partial charge in [-0.2, -0.15) is 0 Å². The lowest BCUT2D eigenvalue weighted by atomic mass is 9.76. The molecular weight excluding hydrogens is 248 g/mol. The Bertz CT molecular complexity index is 267. The Morgan fingerprint density at radius 1 is 1.15 bits per heavy atom. The fourth-order valence-corrected chi connectivity index (χ4v) is 2.96. The fraction of sp³-hybridized carbons (Fsp3) is 0.941. The quantitative estimate of drug-likeness (QED) is 0.678. The van der Waals surface area contributed by atoms with Crippen LogP contribution in [-0.2, 0) is 4.79 Å². The molecular formula is C17H36N2O. The predicted molar refractivity (Wildman–Crippen MR) is 87.5 cm³/mol. The third-order valence-corrected chi connectivity index (χ3v) is 4.60. The largest absolute Gasteiger partial charge is 0.353 e. The molecule has 0 radical (unpaired) electrons. The number of hydrogen-bond acceptors (Lipinski definition) is 2. The third kappa shape index (κ3) is 7.28. The second kappa shape index (κ2) is 9.38. The monoisotopic (exact) mass is 284 g/mol. The van der Waals surface area contributed by atoms with Gasteiger partial charge in [-0.3, -0.25) is 4.79 Å². The zero-order valence-corrected chi connectivity index (χ0v) is 14.5. The summed E-state index contributed by atoms with van der Waals surface area (Å²) < 4.78 is 0. The van der Waals surface area contributed by atoms with Crippen molar-refractivity contribution in [2.75, 3.05) is 6.54 Å². The van der Waals surface area contributed by atoms with E-state index in [2.05, 4.69) is 46.9 Å². The fourth-order valence-electron chi connectivity index (χ4n) is 2.96. The summed E-state index contributed by atoms with van der Waals surface area (Å²) in [7, 11) is 0. The Morgan fingerprint density at radius 2 is 1.70 bits per heavy atom. The van der Waals surface area contributed by atoms with Gasteiger partial charge in [-0.15, -0.1) is 0 Å². The number of carbonyl (C=O) groups excluding carboxylic acids is 1. The summed E-state index contributed by atoms with van der Waals surface area (Å²) in [4.78, 5) is 12.1. The molecule has 2 atom stereocenters. The van der Waals surface area contributed by atoms with Crippen LogP contribution in [0, 0.1) is 17.3 Å². The Labute approximate surface area is 126 Å². The molecule has 2 unspecified atom stereocenters. The lowest BCUT2D eigenvalue weighted by Crippen LogP contribution is -2.38. The molecule has 0 rings (SSSR count). The summed E-state index contributed by atoms with van der Waals surface area (Å²) in [5.41, 5.74) is 5.91. The molecule has 3 nitrogen and oxygen atoms in total. The first-order valence-corrected chi connectivity index (χ1v) is 8.25. The van der Waals surface area contributed by atoms with Crippen LogP contribution < -0.4 is 11.1 Å². The summed E-state index contributed by atoms with van der Waals surface area (Å²) in [5.74, 6) is 1.29. The highest BCUT2D eigenvalue weighted by Gasteiger charge is 2.25. The van der Waals surface area contributed by atoms with Crippen molar-refractivity contribution in [1.29, 1.82) is 0 Å². The Hall–Kier alpha value is -0.570.